The normalized spacial score (nSPS) is 15.3. The number of hydrogen-bond acceptors (Lipinski definition) is 4. The third-order valence-electron chi connectivity index (χ3n) is 5.62. The van der Waals surface area contributed by atoms with Crippen molar-refractivity contribution in [3.63, 3.8) is 0 Å². The van der Waals surface area contributed by atoms with Crippen LogP contribution in [0, 0.1) is 0 Å². The molecule has 1 atom stereocenters. The fourth-order valence-corrected chi connectivity index (χ4v) is 4.89. The highest BCUT2D eigenvalue weighted by Gasteiger charge is 2.32. The number of nitrogens with one attached hydrogen (secondary N) is 1. The summed E-state index contributed by atoms with van der Waals surface area (Å²) in [6, 6.07) is 19.2. The van der Waals surface area contributed by atoms with Crippen LogP contribution < -0.4 is 5.32 Å². The van der Waals surface area contributed by atoms with E-state index in [2.05, 4.69) is 10.3 Å². The van der Waals surface area contributed by atoms with Crippen molar-refractivity contribution in [3.8, 4) is 11.4 Å². The molecule has 2 heterocycles. The summed E-state index contributed by atoms with van der Waals surface area (Å²) in [4.78, 5) is 17.9. The predicted molar refractivity (Wildman–Crippen MR) is 120 cm³/mol. The average molecular weight is 439 g/mol. The number of imidazole rings is 1. The maximum atomic E-state index is 13.2. The molecule has 1 aromatic heterocycles. The van der Waals surface area contributed by atoms with Crippen molar-refractivity contribution in [2.75, 3.05) is 12.3 Å². The maximum Gasteiger partial charge on any atom is 0.272 e. The van der Waals surface area contributed by atoms with Crippen LogP contribution in [0.25, 0.3) is 11.4 Å². The first-order chi connectivity index (χ1) is 14.9. The van der Waals surface area contributed by atoms with E-state index in [1.54, 1.807) is 6.92 Å². The minimum absolute atomic E-state index is 0.0270. The van der Waals surface area contributed by atoms with Crippen LogP contribution in [0.2, 0.25) is 0 Å². The molecule has 1 N–H and O–H groups in total. The Labute approximate surface area is 182 Å². The molecule has 162 valence electrons. The fourth-order valence-electron chi connectivity index (χ4n) is 3.84. The van der Waals surface area contributed by atoms with Gasteiger partial charge in [0.05, 0.1) is 24.0 Å². The lowest BCUT2D eigenvalue weighted by Crippen LogP contribution is -2.40. The zero-order valence-electron chi connectivity index (χ0n) is 17.7. The lowest BCUT2D eigenvalue weighted by molar-refractivity contribution is 0.0933. The Kier molecular flexibility index (Phi) is 5.93. The highest BCUT2D eigenvalue weighted by molar-refractivity contribution is 7.89. The number of aromatic nitrogens is 2. The second-order valence-electron chi connectivity index (χ2n) is 7.59. The number of carbonyl (C=O) groups excluding carboxylic acids is 1. The van der Waals surface area contributed by atoms with Crippen LogP contribution in [-0.2, 0) is 23.1 Å². The molecule has 0 radical (unpaired) electrons. The van der Waals surface area contributed by atoms with E-state index < -0.39 is 10.0 Å². The number of carbonyl (C=O) groups is 1. The SMILES string of the molecule is CCS(=O)(=O)N1CCn2c(-c3ccccc3)nc(C(=O)NC(C)c3ccccc3)c2C1. The largest absolute Gasteiger partial charge is 0.344 e. The summed E-state index contributed by atoms with van der Waals surface area (Å²) in [6.45, 7) is 4.50. The number of hydrogen-bond donors (Lipinski definition) is 1. The molecule has 1 aliphatic rings. The summed E-state index contributed by atoms with van der Waals surface area (Å²) < 4.78 is 28.4. The molecular formula is C23H26N4O3S. The van der Waals surface area contributed by atoms with Gasteiger partial charge in [0.15, 0.2) is 5.69 Å². The van der Waals surface area contributed by atoms with E-state index in [-0.39, 0.29) is 29.9 Å². The zero-order valence-corrected chi connectivity index (χ0v) is 18.5. The van der Waals surface area contributed by atoms with Gasteiger partial charge in [0.2, 0.25) is 10.0 Å². The van der Waals surface area contributed by atoms with E-state index in [9.17, 15) is 13.2 Å². The van der Waals surface area contributed by atoms with Gasteiger partial charge in [0, 0.05) is 18.7 Å². The Bertz CT molecular complexity index is 1170. The molecule has 0 aliphatic carbocycles. The van der Waals surface area contributed by atoms with Crippen LogP contribution in [0.15, 0.2) is 60.7 Å². The summed E-state index contributed by atoms with van der Waals surface area (Å²) in [6.07, 6.45) is 0. The smallest absolute Gasteiger partial charge is 0.272 e. The fraction of sp³-hybridized carbons (Fsp3) is 0.304. The molecule has 3 aromatic rings. The Balaban J connectivity index is 1.72. The topological polar surface area (TPSA) is 84.3 Å². The maximum absolute atomic E-state index is 13.2. The quantitative estimate of drug-likeness (QED) is 0.641. The minimum Gasteiger partial charge on any atom is -0.344 e. The van der Waals surface area contributed by atoms with Gasteiger partial charge >= 0.3 is 0 Å². The van der Waals surface area contributed by atoms with Gasteiger partial charge in [-0.05, 0) is 19.4 Å². The van der Waals surface area contributed by atoms with E-state index in [0.717, 1.165) is 11.1 Å². The molecule has 7 nitrogen and oxygen atoms in total. The Morgan fingerprint density at radius 1 is 1.06 bits per heavy atom. The summed E-state index contributed by atoms with van der Waals surface area (Å²) in [5.74, 6) is 0.402. The van der Waals surface area contributed by atoms with Gasteiger partial charge in [-0.3, -0.25) is 4.79 Å². The predicted octanol–water partition coefficient (Wildman–Crippen LogP) is 3.21. The molecule has 1 amide bonds. The van der Waals surface area contributed by atoms with Gasteiger partial charge in [0.25, 0.3) is 5.91 Å². The molecule has 4 rings (SSSR count). The number of rotatable bonds is 6. The molecule has 8 heteroatoms. The standard InChI is InChI=1S/C23H26N4O3S/c1-3-31(29,30)26-14-15-27-20(16-26)21(25-22(27)19-12-8-5-9-13-19)23(28)24-17(2)18-10-6-4-7-11-18/h4-13,17H,3,14-16H2,1-2H3,(H,24,28). The Morgan fingerprint density at radius 2 is 1.71 bits per heavy atom. The van der Waals surface area contributed by atoms with Gasteiger partial charge in [0.1, 0.15) is 5.82 Å². The van der Waals surface area contributed by atoms with Crippen molar-refractivity contribution in [1.29, 1.82) is 0 Å². The van der Waals surface area contributed by atoms with E-state index in [1.807, 2.05) is 72.2 Å². The molecule has 2 aromatic carbocycles. The lowest BCUT2D eigenvalue weighted by atomic mass is 10.1. The lowest BCUT2D eigenvalue weighted by Gasteiger charge is -2.28. The monoisotopic (exact) mass is 438 g/mol. The molecule has 0 saturated heterocycles. The van der Waals surface area contributed by atoms with Crippen molar-refractivity contribution < 1.29 is 13.2 Å². The van der Waals surface area contributed by atoms with Crippen LogP contribution in [0.4, 0.5) is 0 Å². The van der Waals surface area contributed by atoms with Crippen LogP contribution >= 0.6 is 0 Å². The van der Waals surface area contributed by atoms with Crippen molar-refractivity contribution in [2.45, 2.75) is 33.0 Å². The van der Waals surface area contributed by atoms with E-state index in [4.69, 9.17) is 0 Å². The van der Waals surface area contributed by atoms with Gasteiger partial charge in [-0.25, -0.2) is 13.4 Å². The van der Waals surface area contributed by atoms with Crippen molar-refractivity contribution in [1.82, 2.24) is 19.2 Å². The summed E-state index contributed by atoms with van der Waals surface area (Å²) in [7, 11) is -3.37. The van der Waals surface area contributed by atoms with Crippen molar-refractivity contribution in [2.24, 2.45) is 0 Å². The van der Waals surface area contributed by atoms with Gasteiger partial charge < -0.3 is 9.88 Å². The van der Waals surface area contributed by atoms with Crippen LogP contribution in [0.5, 0.6) is 0 Å². The van der Waals surface area contributed by atoms with Gasteiger partial charge in [-0.1, -0.05) is 60.7 Å². The molecule has 1 unspecified atom stereocenters. The second kappa shape index (κ2) is 8.64. The molecule has 0 spiro atoms. The van der Waals surface area contributed by atoms with Crippen LogP contribution in [0.1, 0.15) is 41.6 Å². The number of benzene rings is 2. The average Bonchev–Trinajstić information content (AvgIpc) is 3.19. The molecule has 0 saturated carbocycles. The summed E-state index contributed by atoms with van der Waals surface area (Å²) in [5, 5.41) is 3.01. The highest BCUT2D eigenvalue weighted by atomic mass is 32.2. The summed E-state index contributed by atoms with van der Waals surface area (Å²) in [5.41, 5.74) is 2.78. The second-order valence-corrected chi connectivity index (χ2v) is 9.85. The third kappa shape index (κ3) is 4.26. The first-order valence-electron chi connectivity index (χ1n) is 10.4. The van der Waals surface area contributed by atoms with E-state index >= 15 is 0 Å². The van der Waals surface area contributed by atoms with Gasteiger partial charge in [-0.15, -0.1) is 0 Å². The third-order valence-corrected chi connectivity index (χ3v) is 7.45. The van der Waals surface area contributed by atoms with Crippen LogP contribution in [0.3, 0.4) is 0 Å². The number of fused-ring (bicyclic) bond motifs is 1. The first-order valence-corrected chi connectivity index (χ1v) is 12.0. The van der Waals surface area contributed by atoms with E-state index in [0.29, 0.717) is 24.6 Å². The molecule has 0 bridgehead atoms. The Hall–Kier alpha value is -2.97. The number of sulfonamides is 1. The Morgan fingerprint density at radius 3 is 2.35 bits per heavy atom. The number of nitrogens with zero attached hydrogens (tertiary/aromatic N) is 3. The zero-order chi connectivity index (χ0) is 22.0. The first kappa shape index (κ1) is 21.3. The van der Waals surface area contributed by atoms with Gasteiger partial charge in [-0.2, -0.15) is 4.31 Å². The minimum atomic E-state index is -3.37. The molecule has 1 aliphatic heterocycles. The molecule has 0 fully saturated rings. The van der Waals surface area contributed by atoms with Crippen molar-refractivity contribution >= 4 is 15.9 Å². The van der Waals surface area contributed by atoms with Crippen molar-refractivity contribution in [3.05, 3.63) is 77.6 Å². The summed E-state index contributed by atoms with van der Waals surface area (Å²) >= 11 is 0. The number of amides is 1. The molecule has 31 heavy (non-hydrogen) atoms. The van der Waals surface area contributed by atoms with Crippen LogP contribution in [-0.4, -0.2) is 40.5 Å². The molecular weight excluding hydrogens is 412 g/mol. The van der Waals surface area contributed by atoms with E-state index in [1.165, 1.54) is 4.31 Å². The highest BCUT2D eigenvalue weighted by Crippen LogP contribution is 2.28.